The van der Waals surface area contributed by atoms with Gasteiger partial charge in [-0.25, -0.2) is 4.68 Å². The van der Waals surface area contributed by atoms with Crippen LogP contribution in [-0.2, 0) is 4.74 Å². The Hall–Kier alpha value is -3.49. The highest BCUT2D eigenvalue weighted by Gasteiger charge is 2.29. The van der Waals surface area contributed by atoms with Crippen LogP contribution in [-0.4, -0.2) is 59.9 Å². The molecule has 2 aromatic carbocycles. The molecule has 0 unspecified atom stereocenters. The van der Waals surface area contributed by atoms with E-state index in [-0.39, 0.29) is 12.2 Å². The van der Waals surface area contributed by atoms with Gasteiger partial charge in [0.1, 0.15) is 23.1 Å². The van der Waals surface area contributed by atoms with E-state index in [1.54, 1.807) is 0 Å². The molecule has 1 aliphatic heterocycles. The normalized spacial score (nSPS) is 17.0. The van der Waals surface area contributed by atoms with Crippen molar-refractivity contribution in [1.82, 2.24) is 25.3 Å². The maximum atomic E-state index is 6.72. The van der Waals surface area contributed by atoms with Gasteiger partial charge in [-0.1, -0.05) is 42.5 Å². The molecule has 3 heterocycles. The predicted molar refractivity (Wildman–Crippen MR) is 133 cm³/mol. The molecule has 176 valence electrons. The summed E-state index contributed by atoms with van der Waals surface area (Å²) in [6.45, 7) is 6.27. The number of ether oxygens (including phenoxy) is 2. The molecule has 2 aromatic heterocycles. The lowest BCUT2D eigenvalue weighted by Crippen LogP contribution is -2.43. The van der Waals surface area contributed by atoms with E-state index in [1.165, 1.54) is 0 Å². The summed E-state index contributed by atoms with van der Waals surface area (Å²) in [6.07, 6.45) is -0.360. The molecule has 0 radical (unpaired) electrons. The molecule has 0 saturated carbocycles. The van der Waals surface area contributed by atoms with Crippen LogP contribution in [0.3, 0.4) is 0 Å². The summed E-state index contributed by atoms with van der Waals surface area (Å²) < 4.78 is 14.8. The van der Waals surface area contributed by atoms with Crippen molar-refractivity contribution in [3.63, 3.8) is 0 Å². The Morgan fingerprint density at radius 3 is 2.56 bits per heavy atom. The number of aryl methyl sites for hydroxylation is 2. The summed E-state index contributed by atoms with van der Waals surface area (Å²) in [4.78, 5) is 1.94. The molecule has 1 fully saturated rings. The average molecular weight is 459 g/mol. The maximum Gasteiger partial charge on any atom is 0.179 e. The minimum absolute atomic E-state index is 0.0991. The summed E-state index contributed by atoms with van der Waals surface area (Å²) >= 11 is 0. The highest BCUT2D eigenvalue weighted by molar-refractivity contribution is 5.92. The number of hydrogen-bond donors (Lipinski definition) is 1. The third-order valence-corrected chi connectivity index (χ3v) is 6.18. The molecule has 1 saturated heterocycles. The number of benzene rings is 2. The lowest BCUT2D eigenvalue weighted by atomic mass is 10.0. The first-order valence-electron chi connectivity index (χ1n) is 11.6. The zero-order valence-corrected chi connectivity index (χ0v) is 20.0. The smallest absolute Gasteiger partial charge is 0.179 e. The van der Waals surface area contributed by atoms with Gasteiger partial charge in [-0.2, -0.15) is 10.2 Å². The molecule has 1 N–H and O–H groups in total. The van der Waals surface area contributed by atoms with Crippen molar-refractivity contribution in [2.75, 3.05) is 38.7 Å². The molecule has 0 amide bonds. The van der Waals surface area contributed by atoms with E-state index < -0.39 is 0 Å². The van der Waals surface area contributed by atoms with Crippen molar-refractivity contribution in [3.05, 3.63) is 71.5 Å². The van der Waals surface area contributed by atoms with Crippen molar-refractivity contribution in [3.8, 4) is 11.4 Å². The van der Waals surface area contributed by atoms with Crippen LogP contribution in [0.15, 0.2) is 54.6 Å². The molecule has 1 aliphatic rings. The number of aromatic nitrogens is 4. The Kier molecular flexibility index (Phi) is 6.17. The Labute approximate surface area is 199 Å². The standard InChI is InChI=1S/C26H30N6O2/c1-17-23-18(2)32(30-24(23)26(29-28-17)31(3)4)20-12-8-9-13-21(20)34-25(19-10-6-5-7-11-19)22-16-27-14-15-33-22/h5-13,22,25,27H,14-16H2,1-4H3/t22-,25+/m0/s1. The molecule has 4 aromatic rings. The van der Waals surface area contributed by atoms with Crippen molar-refractivity contribution < 1.29 is 9.47 Å². The Morgan fingerprint density at radius 1 is 1.06 bits per heavy atom. The van der Waals surface area contributed by atoms with Crippen LogP contribution in [0.1, 0.15) is 23.1 Å². The fraction of sp³-hybridized carbons (Fsp3) is 0.346. The SMILES string of the molecule is Cc1nnc(N(C)C)c2nn(-c3ccccc3O[C@H](c3ccccc3)[C@@H]3CNCCO3)c(C)c12. The van der Waals surface area contributed by atoms with Gasteiger partial charge in [-0.3, -0.25) is 0 Å². The maximum absolute atomic E-state index is 6.72. The summed E-state index contributed by atoms with van der Waals surface area (Å²) in [5.74, 6) is 1.48. The van der Waals surface area contributed by atoms with E-state index in [0.29, 0.717) is 6.61 Å². The minimum atomic E-state index is -0.261. The molecule has 0 bridgehead atoms. The van der Waals surface area contributed by atoms with Crippen LogP contribution in [0.2, 0.25) is 0 Å². The van der Waals surface area contributed by atoms with Crippen molar-refractivity contribution in [2.24, 2.45) is 0 Å². The van der Waals surface area contributed by atoms with E-state index in [9.17, 15) is 0 Å². The quantitative estimate of drug-likeness (QED) is 0.473. The highest BCUT2D eigenvalue weighted by Crippen LogP contribution is 2.34. The van der Waals surface area contributed by atoms with E-state index in [2.05, 4.69) is 34.6 Å². The van der Waals surface area contributed by atoms with Crippen LogP contribution in [0.25, 0.3) is 16.6 Å². The van der Waals surface area contributed by atoms with Crippen molar-refractivity contribution in [2.45, 2.75) is 26.1 Å². The molecule has 0 aliphatic carbocycles. The molecule has 0 spiro atoms. The molecule has 8 nitrogen and oxygen atoms in total. The van der Waals surface area contributed by atoms with E-state index >= 15 is 0 Å². The van der Waals surface area contributed by atoms with E-state index in [4.69, 9.17) is 14.6 Å². The average Bonchev–Trinajstić information content (AvgIpc) is 3.21. The fourth-order valence-corrected chi connectivity index (χ4v) is 4.50. The number of anilines is 1. The van der Waals surface area contributed by atoms with Gasteiger partial charge in [-0.15, -0.1) is 5.10 Å². The largest absolute Gasteiger partial charge is 0.481 e. The van der Waals surface area contributed by atoms with Crippen LogP contribution in [0, 0.1) is 13.8 Å². The van der Waals surface area contributed by atoms with Gasteiger partial charge < -0.3 is 19.7 Å². The Bertz CT molecular complexity index is 1280. The molecule has 8 heteroatoms. The number of fused-ring (bicyclic) bond motifs is 1. The van der Waals surface area contributed by atoms with Crippen LogP contribution in [0.5, 0.6) is 5.75 Å². The van der Waals surface area contributed by atoms with Gasteiger partial charge in [0.15, 0.2) is 11.9 Å². The monoisotopic (exact) mass is 458 g/mol. The highest BCUT2D eigenvalue weighted by atomic mass is 16.5. The first-order valence-corrected chi connectivity index (χ1v) is 11.6. The van der Waals surface area contributed by atoms with Crippen LogP contribution < -0.4 is 15.0 Å². The third-order valence-electron chi connectivity index (χ3n) is 6.18. The molecular formula is C26H30N6O2. The zero-order chi connectivity index (χ0) is 23.7. The van der Waals surface area contributed by atoms with Gasteiger partial charge in [0.2, 0.25) is 0 Å². The molecular weight excluding hydrogens is 428 g/mol. The fourth-order valence-electron chi connectivity index (χ4n) is 4.50. The number of rotatable bonds is 6. The Balaban J connectivity index is 1.60. The minimum Gasteiger partial charge on any atom is -0.481 e. The molecule has 2 atom stereocenters. The second-order valence-corrected chi connectivity index (χ2v) is 8.75. The summed E-state index contributed by atoms with van der Waals surface area (Å²) in [6, 6.07) is 18.3. The first kappa shape index (κ1) is 22.3. The summed E-state index contributed by atoms with van der Waals surface area (Å²) in [5.41, 5.74) is 4.61. The second-order valence-electron chi connectivity index (χ2n) is 8.75. The van der Waals surface area contributed by atoms with Gasteiger partial charge in [0, 0.05) is 27.2 Å². The van der Waals surface area contributed by atoms with Crippen LogP contribution in [0.4, 0.5) is 5.82 Å². The molecule has 5 rings (SSSR count). The lowest BCUT2D eigenvalue weighted by Gasteiger charge is -2.32. The number of nitrogens with one attached hydrogen (secondary N) is 1. The second kappa shape index (κ2) is 9.40. The van der Waals surface area contributed by atoms with E-state index in [1.807, 2.05) is 73.1 Å². The zero-order valence-electron chi connectivity index (χ0n) is 20.0. The number of nitrogens with zero attached hydrogens (tertiary/aromatic N) is 5. The third kappa shape index (κ3) is 4.10. The van der Waals surface area contributed by atoms with Gasteiger partial charge in [0.25, 0.3) is 0 Å². The topological polar surface area (TPSA) is 77.3 Å². The number of para-hydroxylation sites is 2. The van der Waals surface area contributed by atoms with Gasteiger partial charge in [-0.05, 0) is 31.5 Å². The van der Waals surface area contributed by atoms with Crippen LogP contribution >= 0.6 is 0 Å². The number of morpholine rings is 1. The summed E-state index contributed by atoms with van der Waals surface area (Å²) in [7, 11) is 3.90. The first-order chi connectivity index (χ1) is 16.5. The van der Waals surface area contributed by atoms with Crippen molar-refractivity contribution in [1.29, 1.82) is 0 Å². The molecule has 34 heavy (non-hydrogen) atoms. The summed E-state index contributed by atoms with van der Waals surface area (Å²) in [5, 5.41) is 18.1. The van der Waals surface area contributed by atoms with Gasteiger partial charge >= 0.3 is 0 Å². The predicted octanol–water partition coefficient (Wildman–Crippen LogP) is 3.61. The van der Waals surface area contributed by atoms with Gasteiger partial charge in [0.05, 0.1) is 23.4 Å². The Morgan fingerprint density at radius 2 is 1.82 bits per heavy atom. The number of hydrogen-bond acceptors (Lipinski definition) is 7. The van der Waals surface area contributed by atoms with Crippen molar-refractivity contribution >= 4 is 16.7 Å². The lowest BCUT2D eigenvalue weighted by molar-refractivity contribution is -0.0432. The van der Waals surface area contributed by atoms with E-state index in [0.717, 1.165) is 58.2 Å².